The molecule has 1 N–H and O–H groups in total. The largest absolute Gasteiger partial charge is 0.478 e. The molecule has 4 nitrogen and oxygen atoms in total. The van der Waals surface area contributed by atoms with Crippen LogP contribution in [0.2, 0.25) is 0 Å². The molecule has 0 bridgehead atoms. The van der Waals surface area contributed by atoms with Crippen LogP contribution in [0.1, 0.15) is 27.3 Å². The lowest BCUT2D eigenvalue weighted by Gasteiger charge is -2.05. The van der Waals surface area contributed by atoms with Gasteiger partial charge in [-0.1, -0.05) is 18.2 Å². The lowest BCUT2D eigenvalue weighted by Crippen LogP contribution is -2.00. The van der Waals surface area contributed by atoms with Crippen molar-refractivity contribution in [2.45, 2.75) is 13.3 Å². The van der Waals surface area contributed by atoms with Gasteiger partial charge in [0.15, 0.2) is 0 Å². The first kappa shape index (κ1) is 13.2. The van der Waals surface area contributed by atoms with Gasteiger partial charge in [0.2, 0.25) is 0 Å². The standard InChI is InChI=1S/C17H14N2O2/c1-11-6-15-7-12(2-3-14(15)10-19-11)8-16-9-13(17(20)21)4-5-18-16/h2-7,9-10H,8H2,1H3,(H,20,21). The normalized spacial score (nSPS) is 10.7. The van der Waals surface area contributed by atoms with Crippen LogP contribution in [0.3, 0.4) is 0 Å². The SMILES string of the molecule is Cc1cc2cc(Cc3cc(C(=O)O)ccn3)ccc2cn1. The molecular formula is C17H14N2O2. The van der Waals surface area contributed by atoms with Gasteiger partial charge in [0.1, 0.15) is 0 Å². The number of fused-ring (bicyclic) bond motifs is 1. The number of aryl methyl sites for hydroxylation is 1. The molecule has 0 fully saturated rings. The van der Waals surface area contributed by atoms with E-state index in [2.05, 4.69) is 16.0 Å². The Morgan fingerprint density at radius 3 is 2.76 bits per heavy atom. The van der Waals surface area contributed by atoms with Crippen LogP contribution in [-0.4, -0.2) is 21.0 Å². The molecule has 4 heteroatoms. The molecule has 0 saturated heterocycles. The molecule has 1 aromatic carbocycles. The average molecular weight is 278 g/mol. The smallest absolute Gasteiger partial charge is 0.335 e. The van der Waals surface area contributed by atoms with Gasteiger partial charge in [0, 0.05) is 35.6 Å². The number of hydrogen-bond donors (Lipinski definition) is 1. The van der Waals surface area contributed by atoms with Crippen LogP contribution in [0, 0.1) is 6.92 Å². The molecule has 0 aliphatic heterocycles. The quantitative estimate of drug-likeness (QED) is 0.799. The summed E-state index contributed by atoms with van der Waals surface area (Å²) in [5.41, 5.74) is 3.09. The second-order valence-corrected chi connectivity index (χ2v) is 5.02. The van der Waals surface area contributed by atoms with Gasteiger partial charge in [0.05, 0.1) is 5.56 Å². The maximum absolute atomic E-state index is 11.0. The number of carboxylic acid groups (broad SMARTS) is 1. The van der Waals surface area contributed by atoms with Crippen LogP contribution in [0.4, 0.5) is 0 Å². The molecule has 3 aromatic rings. The van der Waals surface area contributed by atoms with Crippen LogP contribution >= 0.6 is 0 Å². The van der Waals surface area contributed by atoms with Gasteiger partial charge >= 0.3 is 5.97 Å². The monoisotopic (exact) mass is 278 g/mol. The highest BCUT2D eigenvalue weighted by atomic mass is 16.4. The van der Waals surface area contributed by atoms with E-state index in [4.69, 9.17) is 5.11 Å². The zero-order valence-corrected chi connectivity index (χ0v) is 11.6. The molecular weight excluding hydrogens is 264 g/mol. The molecule has 0 amide bonds. The van der Waals surface area contributed by atoms with Crippen LogP contribution < -0.4 is 0 Å². The molecule has 0 spiro atoms. The Morgan fingerprint density at radius 1 is 1.10 bits per heavy atom. The van der Waals surface area contributed by atoms with Crippen molar-refractivity contribution in [1.29, 1.82) is 0 Å². The van der Waals surface area contributed by atoms with Gasteiger partial charge < -0.3 is 5.11 Å². The van der Waals surface area contributed by atoms with Gasteiger partial charge in [-0.3, -0.25) is 9.97 Å². The Bertz CT molecular complexity index is 828. The summed E-state index contributed by atoms with van der Waals surface area (Å²) in [5, 5.41) is 11.2. The Morgan fingerprint density at radius 2 is 1.95 bits per heavy atom. The molecule has 0 aliphatic carbocycles. The van der Waals surface area contributed by atoms with Crippen molar-refractivity contribution in [3.8, 4) is 0 Å². The molecule has 0 radical (unpaired) electrons. The summed E-state index contributed by atoms with van der Waals surface area (Å²) in [6, 6.07) is 11.3. The summed E-state index contributed by atoms with van der Waals surface area (Å²) < 4.78 is 0. The molecule has 0 aliphatic rings. The summed E-state index contributed by atoms with van der Waals surface area (Å²) in [6.07, 6.45) is 4.00. The number of rotatable bonds is 3. The van der Waals surface area contributed by atoms with E-state index in [-0.39, 0.29) is 5.56 Å². The van der Waals surface area contributed by atoms with Crippen LogP contribution in [0.15, 0.2) is 48.8 Å². The van der Waals surface area contributed by atoms with E-state index in [1.165, 1.54) is 12.3 Å². The Kier molecular flexibility index (Phi) is 3.36. The first-order chi connectivity index (χ1) is 10.1. The zero-order chi connectivity index (χ0) is 14.8. The number of aromatic nitrogens is 2. The fraction of sp³-hybridized carbons (Fsp3) is 0.118. The molecule has 0 atom stereocenters. The summed E-state index contributed by atoms with van der Waals surface area (Å²) >= 11 is 0. The Hall–Kier alpha value is -2.75. The highest BCUT2D eigenvalue weighted by molar-refractivity contribution is 5.87. The van der Waals surface area contributed by atoms with E-state index in [0.717, 1.165) is 27.7 Å². The van der Waals surface area contributed by atoms with Gasteiger partial charge in [0.25, 0.3) is 0 Å². The van der Waals surface area contributed by atoms with E-state index >= 15 is 0 Å². The third-order valence-corrected chi connectivity index (χ3v) is 3.37. The van der Waals surface area contributed by atoms with Gasteiger partial charge in [-0.05, 0) is 36.1 Å². The van der Waals surface area contributed by atoms with Gasteiger partial charge in [-0.25, -0.2) is 4.79 Å². The molecule has 2 heterocycles. The van der Waals surface area contributed by atoms with Crippen molar-refractivity contribution in [3.05, 3.63) is 71.3 Å². The number of benzene rings is 1. The molecule has 2 aromatic heterocycles. The molecule has 104 valence electrons. The molecule has 0 saturated carbocycles. The highest BCUT2D eigenvalue weighted by Gasteiger charge is 2.05. The van der Waals surface area contributed by atoms with Gasteiger partial charge in [-0.15, -0.1) is 0 Å². The fourth-order valence-corrected chi connectivity index (χ4v) is 2.33. The topological polar surface area (TPSA) is 63.1 Å². The minimum absolute atomic E-state index is 0.265. The summed E-state index contributed by atoms with van der Waals surface area (Å²) in [6.45, 7) is 1.96. The predicted octanol–water partition coefficient (Wildman–Crippen LogP) is 3.23. The maximum atomic E-state index is 11.0. The van der Waals surface area contributed by atoms with Gasteiger partial charge in [-0.2, -0.15) is 0 Å². The van der Waals surface area contributed by atoms with E-state index in [1.54, 1.807) is 6.07 Å². The molecule has 0 unspecified atom stereocenters. The van der Waals surface area contributed by atoms with E-state index in [9.17, 15) is 4.79 Å². The highest BCUT2D eigenvalue weighted by Crippen LogP contribution is 2.18. The third-order valence-electron chi connectivity index (χ3n) is 3.37. The van der Waals surface area contributed by atoms with Crippen molar-refractivity contribution in [2.24, 2.45) is 0 Å². The number of carboxylic acids is 1. The zero-order valence-electron chi connectivity index (χ0n) is 11.6. The lowest BCUT2D eigenvalue weighted by molar-refractivity contribution is 0.0696. The number of pyridine rings is 2. The third kappa shape index (κ3) is 2.89. The second kappa shape index (κ2) is 5.32. The van der Waals surface area contributed by atoms with Crippen molar-refractivity contribution in [3.63, 3.8) is 0 Å². The van der Waals surface area contributed by atoms with Crippen molar-refractivity contribution < 1.29 is 9.90 Å². The van der Waals surface area contributed by atoms with Crippen LogP contribution in [0.25, 0.3) is 10.8 Å². The summed E-state index contributed by atoms with van der Waals surface area (Å²) in [5.74, 6) is -0.932. The Labute approximate surface area is 122 Å². The van der Waals surface area contributed by atoms with E-state index in [1.807, 2.05) is 31.3 Å². The average Bonchev–Trinajstić information content (AvgIpc) is 2.47. The number of nitrogens with zero attached hydrogens (tertiary/aromatic N) is 2. The minimum Gasteiger partial charge on any atom is -0.478 e. The summed E-state index contributed by atoms with van der Waals surface area (Å²) in [4.78, 5) is 19.5. The second-order valence-electron chi connectivity index (χ2n) is 5.02. The fourth-order valence-electron chi connectivity index (χ4n) is 2.33. The van der Waals surface area contributed by atoms with Crippen molar-refractivity contribution >= 4 is 16.7 Å². The van der Waals surface area contributed by atoms with Crippen LogP contribution in [-0.2, 0) is 6.42 Å². The number of hydrogen-bond acceptors (Lipinski definition) is 3. The summed E-state index contributed by atoms with van der Waals surface area (Å²) in [7, 11) is 0. The maximum Gasteiger partial charge on any atom is 0.335 e. The van der Waals surface area contributed by atoms with Crippen LogP contribution in [0.5, 0.6) is 0 Å². The molecule has 3 rings (SSSR count). The van der Waals surface area contributed by atoms with Crippen molar-refractivity contribution in [1.82, 2.24) is 9.97 Å². The van der Waals surface area contributed by atoms with Crippen molar-refractivity contribution in [2.75, 3.05) is 0 Å². The first-order valence-corrected chi connectivity index (χ1v) is 6.65. The lowest BCUT2D eigenvalue weighted by atomic mass is 10.0. The molecule has 21 heavy (non-hydrogen) atoms. The first-order valence-electron chi connectivity index (χ1n) is 6.65. The number of carbonyl (C=O) groups is 1. The minimum atomic E-state index is -0.932. The number of aromatic carboxylic acids is 1. The Balaban J connectivity index is 1.94. The predicted molar refractivity (Wildman–Crippen MR) is 80.5 cm³/mol. The van der Waals surface area contributed by atoms with E-state index < -0.39 is 5.97 Å². The van der Waals surface area contributed by atoms with E-state index in [0.29, 0.717) is 6.42 Å².